The minimum Gasteiger partial charge on any atom is -0.497 e. The van der Waals surface area contributed by atoms with Gasteiger partial charge in [-0.1, -0.05) is 36.4 Å². The van der Waals surface area contributed by atoms with E-state index < -0.39 is 0 Å². The summed E-state index contributed by atoms with van der Waals surface area (Å²) in [4.78, 5) is 15.0. The lowest BCUT2D eigenvalue weighted by atomic mass is 10.1. The standard InChI is InChI=1S/C38H42N6O2/c1-45-27-13-15-35-31(25-27)37(29-9-3-5-11-33(29)41-35)39-17-7-19-43-21-23-44(24-22-43)20-8-18-40-38-30-10-4-6-12-34(30)42-36-16-14-28(46-2)26-32(36)38/h3-6,9-16,25-26H,7-8,17-24H2,1-2H3,(H,39,41)(H,40,42). The lowest BCUT2D eigenvalue weighted by molar-refractivity contribution is 0.132. The third-order valence-electron chi connectivity index (χ3n) is 9.15. The second-order valence-corrected chi connectivity index (χ2v) is 12.0. The molecule has 8 heteroatoms. The fourth-order valence-electron chi connectivity index (χ4n) is 6.64. The molecule has 0 aliphatic carbocycles. The van der Waals surface area contributed by atoms with Crippen LogP contribution >= 0.6 is 0 Å². The number of fused-ring (bicyclic) bond motifs is 4. The Kier molecular flexibility index (Phi) is 8.98. The van der Waals surface area contributed by atoms with Crippen molar-refractivity contribution in [2.75, 3.05) is 77.2 Å². The summed E-state index contributed by atoms with van der Waals surface area (Å²) in [5, 5.41) is 12.0. The third kappa shape index (κ3) is 6.36. The number of hydrogen-bond acceptors (Lipinski definition) is 8. The predicted octanol–water partition coefficient (Wildman–Crippen LogP) is 7.03. The minimum atomic E-state index is 0.848. The number of nitrogens with one attached hydrogen (secondary N) is 2. The van der Waals surface area contributed by atoms with Crippen molar-refractivity contribution in [2.24, 2.45) is 0 Å². The van der Waals surface area contributed by atoms with Gasteiger partial charge in [0.15, 0.2) is 0 Å². The number of anilines is 2. The third-order valence-corrected chi connectivity index (χ3v) is 9.15. The number of para-hydroxylation sites is 2. The molecule has 0 radical (unpaired) electrons. The molecule has 0 atom stereocenters. The van der Waals surface area contributed by atoms with Gasteiger partial charge in [0, 0.05) is 60.8 Å². The summed E-state index contributed by atoms with van der Waals surface area (Å²) in [6, 6.07) is 28.9. The highest BCUT2D eigenvalue weighted by Crippen LogP contribution is 2.34. The fraction of sp³-hybridized carbons (Fsp3) is 0.316. The molecule has 46 heavy (non-hydrogen) atoms. The molecule has 0 amide bonds. The molecule has 0 bridgehead atoms. The van der Waals surface area contributed by atoms with Gasteiger partial charge in [-0.25, -0.2) is 9.97 Å². The van der Waals surface area contributed by atoms with Gasteiger partial charge < -0.3 is 29.9 Å². The van der Waals surface area contributed by atoms with Crippen molar-refractivity contribution in [2.45, 2.75) is 12.8 Å². The molecule has 236 valence electrons. The zero-order valence-corrected chi connectivity index (χ0v) is 26.8. The maximum Gasteiger partial charge on any atom is 0.119 e. The van der Waals surface area contributed by atoms with Crippen LogP contribution in [-0.2, 0) is 0 Å². The number of hydrogen-bond donors (Lipinski definition) is 2. The van der Waals surface area contributed by atoms with E-state index in [9.17, 15) is 0 Å². The molecule has 4 aromatic carbocycles. The second kappa shape index (κ2) is 13.8. The molecule has 3 heterocycles. The highest BCUT2D eigenvalue weighted by atomic mass is 16.5. The summed E-state index contributed by atoms with van der Waals surface area (Å²) in [6.07, 6.45) is 2.18. The monoisotopic (exact) mass is 614 g/mol. The maximum absolute atomic E-state index is 5.52. The van der Waals surface area contributed by atoms with Crippen LogP contribution in [0.3, 0.4) is 0 Å². The van der Waals surface area contributed by atoms with Crippen LogP contribution in [0.25, 0.3) is 43.6 Å². The number of pyridine rings is 2. The van der Waals surface area contributed by atoms with Gasteiger partial charge in [0.2, 0.25) is 0 Å². The molecular weight excluding hydrogens is 572 g/mol. The second-order valence-electron chi connectivity index (χ2n) is 12.0. The summed E-state index contributed by atoms with van der Waals surface area (Å²) < 4.78 is 11.0. The van der Waals surface area contributed by atoms with Crippen LogP contribution in [-0.4, -0.2) is 86.3 Å². The molecule has 0 spiro atoms. The van der Waals surface area contributed by atoms with Crippen LogP contribution in [0.1, 0.15) is 12.8 Å². The molecule has 1 aliphatic heterocycles. The summed E-state index contributed by atoms with van der Waals surface area (Å²) in [6.45, 7) is 8.48. The molecule has 2 N–H and O–H groups in total. The first kappa shape index (κ1) is 30.0. The van der Waals surface area contributed by atoms with E-state index in [4.69, 9.17) is 19.4 Å². The van der Waals surface area contributed by atoms with E-state index >= 15 is 0 Å². The first-order valence-corrected chi connectivity index (χ1v) is 16.4. The van der Waals surface area contributed by atoms with Gasteiger partial charge in [0.25, 0.3) is 0 Å². The van der Waals surface area contributed by atoms with Gasteiger partial charge in [-0.3, -0.25) is 0 Å². The Bertz CT molecular complexity index is 1830. The smallest absolute Gasteiger partial charge is 0.119 e. The van der Waals surface area contributed by atoms with Crippen LogP contribution in [0.5, 0.6) is 11.5 Å². The molecule has 1 saturated heterocycles. The molecule has 1 aliphatic rings. The Morgan fingerprint density at radius 3 is 1.39 bits per heavy atom. The number of aromatic nitrogens is 2. The van der Waals surface area contributed by atoms with Crippen LogP contribution in [0.15, 0.2) is 84.9 Å². The summed E-state index contributed by atoms with van der Waals surface area (Å²) in [7, 11) is 3.42. The number of rotatable bonds is 12. The van der Waals surface area contributed by atoms with Gasteiger partial charge in [0.05, 0.1) is 47.7 Å². The molecule has 2 aromatic heterocycles. The molecule has 1 fully saturated rings. The van der Waals surface area contributed by atoms with E-state index in [1.807, 2.05) is 36.4 Å². The molecule has 7 rings (SSSR count). The molecule has 8 nitrogen and oxygen atoms in total. The number of nitrogens with zero attached hydrogens (tertiary/aromatic N) is 4. The van der Waals surface area contributed by atoms with Gasteiger partial charge in [-0.05, 0) is 74.5 Å². The zero-order chi connectivity index (χ0) is 31.3. The van der Waals surface area contributed by atoms with Crippen LogP contribution < -0.4 is 20.1 Å². The van der Waals surface area contributed by atoms with E-state index in [1.54, 1.807) is 14.2 Å². The van der Waals surface area contributed by atoms with E-state index in [1.165, 1.54) is 0 Å². The first-order valence-electron chi connectivity index (χ1n) is 16.4. The van der Waals surface area contributed by atoms with Crippen molar-refractivity contribution in [1.29, 1.82) is 0 Å². The number of ether oxygens (including phenoxy) is 2. The topological polar surface area (TPSA) is 74.8 Å². The SMILES string of the molecule is COc1ccc2nc3ccccc3c(NCCCN3CCN(CCCNc4c5ccccc5nc5ccc(OC)cc45)CC3)c2c1. The first-order chi connectivity index (χ1) is 22.7. The van der Waals surface area contributed by atoms with Gasteiger partial charge in [0.1, 0.15) is 11.5 Å². The Hall–Kier alpha value is -4.66. The van der Waals surface area contributed by atoms with Crippen molar-refractivity contribution < 1.29 is 9.47 Å². The summed E-state index contributed by atoms with van der Waals surface area (Å²) >= 11 is 0. The Labute approximate surface area is 270 Å². The van der Waals surface area contributed by atoms with E-state index in [0.29, 0.717) is 0 Å². The van der Waals surface area contributed by atoms with Crippen LogP contribution in [0.4, 0.5) is 11.4 Å². The predicted molar refractivity (Wildman–Crippen MR) is 191 cm³/mol. The average molecular weight is 615 g/mol. The van der Waals surface area contributed by atoms with Crippen molar-refractivity contribution in [1.82, 2.24) is 19.8 Å². The zero-order valence-electron chi connectivity index (χ0n) is 26.8. The Balaban J connectivity index is 0.895. The summed E-state index contributed by atoms with van der Waals surface area (Å²) in [5.74, 6) is 1.70. The Morgan fingerprint density at radius 1 is 0.543 bits per heavy atom. The van der Waals surface area contributed by atoms with Crippen molar-refractivity contribution >= 4 is 55.0 Å². The van der Waals surface area contributed by atoms with E-state index in [2.05, 4.69) is 69.0 Å². The van der Waals surface area contributed by atoms with Crippen molar-refractivity contribution in [3.63, 3.8) is 0 Å². The van der Waals surface area contributed by atoms with Crippen LogP contribution in [0.2, 0.25) is 0 Å². The van der Waals surface area contributed by atoms with Crippen molar-refractivity contribution in [3.8, 4) is 11.5 Å². The lowest BCUT2D eigenvalue weighted by Crippen LogP contribution is -2.47. The maximum atomic E-state index is 5.52. The average Bonchev–Trinajstić information content (AvgIpc) is 3.11. The number of methoxy groups -OCH3 is 2. The quantitative estimate of drug-likeness (QED) is 0.112. The van der Waals surface area contributed by atoms with Gasteiger partial charge >= 0.3 is 0 Å². The summed E-state index contributed by atoms with van der Waals surface area (Å²) in [5.41, 5.74) is 6.27. The molecule has 0 saturated carbocycles. The molecular formula is C38H42N6O2. The van der Waals surface area contributed by atoms with Crippen molar-refractivity contribution in [3.05, 3.63) is 84.9 Å². The largest absolute Gasteiger partial charge is 0.497 e. The minimum absolute atomic E-state index is 0.848. The highest BCUT2D eigenvalue weighted by molar-refractivity contribution is 6.08. The fourth-order valence-corrected chi connectivity index (χ4v) is 6.64. The molecule has 0 unspecified atom stereocenters. The number of piperazine rings is 1. The Morgan fingerprint density at radius 2 is 0.957 bits per heavy atom. The van der Waals surface area contributed by atoms with Gasteiger partial charge in [-0.2, -0.15) is 0 Å². The molecule has 6 aromatic rings. The van der Waals surface area contributed by atoms with Gasteiger partial charge in [-0.15, -0.1) is 0 Å². The highest BCUT2D eigenvalue weighted by Gasteiger charge is 2.17. The van der Waals surface area contributed by atoms with E-state index in [0.717, 1.165) is 132 Å². The van der Waals surface area contributed by atoms with E-state index in [-0.39, 0.29) is 0 Å². The lowest BCUT2D eigenvalue weighted by Gasteiger charge is -2.34. The number of benzene rings is 4. The van der Waals surface area contributed by atoms with Crippen LogP contribution in [0, 0.1) is 0 Å². The normalized spacial score (nSPS) is 14.3.